The summed E-state index contributed by atoms with van der Waals surface area (Å²) in [4.78, 5) is 48.0. The van der Waals surface area contributed by atoms with E-state index in [9.17, 15) is 19.2 Å². The number of Topliss-reactive ketones (excluding diaryl/α,β-unsaturated/α-hetero) is 2. The highest BCUT2D eigenvalue weighted by Gasteiger charge is 2.38. The Balaban J connectivity index is 3.31. The Kier molecular flexibility index (Phi) is 7.03. The van der Waals surface area contributed by atoms with Crippen LogP contribution in [0.1, 0.15) is 54.4 Å². The van der Waals surface area contributed by atoms with E-state index >= 15 is 0 Å². The lowest BCUT2D eigenvalue weighted by molar-refractivity contribution is -0.142. The number of hydrogen-bond acceptors (Lipinski definition) is 6. The van der Waals surface area contributed by atoms with Crippen LogP contribution < -0.4 is 0 Å². The van der Waals surface area contributed by atoms with Gasteiger partial charge >= 0.3 is 11.9 Å². The maximum Gasteiger partial charge on any atom is 0.308 e. The van der Waals surface area contributed by atoms with Crippen LogP contribution in [0.5, 0.6) is 0 Å². The third kappa shape index (κ3) is 5.24. The number of ether oxygens (including phenoxy) is 2. The number of hydrogen-bond donors (Lipinski definition) is 0. The normalized spacial score (nSPS) is 15.9. The summed E-state index contributed by atoms with van der Waals surface area (Å²) in [6, 6.07) is 0. The van der Waals surface area contributed by atoms with Gasteiger partial charge < -0.3 is 9.47 Å². The van der Waals surface area contributed by atoms with E-state index in [-0.39, 0.29) is 28.6 Å². The minimum absolute atomic E-state index is 0.0447. The highest BCUT2D eigenvalue weighted by atomic mass is 16.5. The van der Waals surface area contributed by atoms with Crippen LogP contribution in [-0.2, 0) is 28.7 Å². The lowest BCUT2D eigenvalue weighted by Gasteiger charge is -2.24. The van der Waals surface area contributed by atoms with Crippen LogP contribution in [0.25, 0.3) is 0 Å². The summed E-state index contributed by atoms with van der Waals surface area (Å²) in [5, 5.41) is 0. The van der Waals surface area contributed by atoms with Gasteiger partial charge in [0.05, 0.1) is 5.57 Å². The molecule has 0 saturated carbocycles. The predicted molar refractivity (Wildman–Crippen MR) is 91.1 cm³/mol. The van der Waals surface area contributed by atoms with Crippen molar-refractivity contribution in [3.8, 4) is 0 Å². The Morgan fingerprint density at radius 1 is 0.960 bits per heavy atom. The van der Waals surface area contributed by atoms with Crippen molar-refractivity contribution in [2.45, 2.75) is 54.4 Å². The zero-order valence-corrected chi connectivity index (χ0v) is 15.5. The van der Waals surface area contributed by atoms with E-state index in [0.29, 0.717) is 12.8 Å². The fourth-order valence-corrected chi connectivity index (χ4v) is 2.52. The van der Waals surface area contributed by atoms with Crippen LogP contribution in [0.2, 0.25) is 0 Å². The molecule has 0 fully saturated rings. The van der Waals surface area contributed by atoms with E-state index < -0.39 is 23.5 Å². The third-order valence-electron chi connectivity index (χ3n) is 3.72. The highest BCUT2D eigenvalue weighted by molar-refractivity contribution is 6.24. The van der Waals surface area contributed by atoms with E-state index in [0.717, 1.165) is 19.4 Å². The number of rotatable bonds is 6. The second-order valence-electron chi connectivity index (χ2n) is 6.30. The lowest BCUT2D eigenvalue weighted by atomic mass is 9.84. The molecular weight excluding hydrogens is 324 g/mol. The average molecular weight is 348 g/mol. The monoisotopic (exact) mass is 348 g/mol. The van der Waals surface area contributed by atoms with Crippen molar-refractivity contribution >= 4 is 23.5 Å². The highest BCUT2D eigenvalue weighted by Crippen LogP contribution is 2.32. The van der Waals surface area contributed by atoms with Crippen LogP contribution in [0.15, 0.2) is 34.3 Å². The largest absolute Gasteiger partial charge is 0.422 e. The Hall–Kier alpha value is -2.50. The molecule has 6 nitrogen and oxygen atoms in total. The molecule has 0 aromatic heterocycles. The Morgan fingerprint density at radius 3 is 1.96 bits per heavy atom. The van der Waals surface area contributed by atoms with Crippen LogP contribution in [0, 0.1) is 5.92 Å². The first-order valence-electron chi connectivity index (χ1n) is 8.10. The Bertz CT molecular complexity index is 701. The number of carbonyl (C=O) groups is 4. The summed E-state index contributed by atoms with van der Waals surface area (Å²) in [6.07, 6.45) is 3.30. The van der Waals surface area contributed by atoms with Gasteiger partial charge in [-0.15, -0.1) is 0 Å². The molecule has 0 heterocycles. The average Bonchev–Trinajstić information content (AvgIpc) is 2.48. The fourth-order valence-electron chi connectivity index (χ4n) is 2.52. The quantitative estimate of drug-likeness (QED) is 0.416. The minimum atomic E-state index is -0.692. The molecule has 1 aliphatic rings. The maximum absolute atomic E-state index is 12.8. The molecule has 6 heteroatoms. The summed E-state index contributed by atoms with van der Waals surface area (Å²) in [6.45, 7) is 9.39. The van der Waals surface area contributed by atoms with E-state index in [4.69, 9.17) is 9.47 Å². The van der Waals surface area contributed by atoms with Gasteiger partial charge in [-0.3, -0.25) is 19.2 Å². The number of carbonyl (C=O) groups excluding carboxylic acids is 4. The van der Waals surface area contributed by atoms with E-state index in [2.05, 4.69) is 0 Å². The van der Waals surface area contributed by atoms with Gasteiger partial charge in [-0.25, -0.2) is 0 Å². The zero-order valence-electron chi connectivity index (χ0n) is 15.5. The molecule has 0 aromatic rings. The summed E-state index contributed by atoms with van der Waals surface area (Å²) in [7, 11) is 0. The summed E-state index contributed by atoms with van der Waals surface area (Å²) >= 11 is 0. The molecule has 0 spiro atoms. The van der Waals surface area contributed by atoms with Crippen LogP contribution in [-0.4, -0.2) is 23.5 Å². The zero-order chi connectivity index (χ0) is 19.3. The van der Waals surface area contributed by atoms with Gasteiger partial charge in [-0.1, -0.05) is 18.6 Å². The minimum Gasteiger partial charge on any atom is -0.422 e. The topological polar surface area (TPSA) is 86.7 Å². The van der Waals surface area contributed by atoms with Crippen molar-refractivity contribution in [3.63, 3.8) is 0 Å². The Labute approximate surface area is 147 Å². The number of ketones is 2. The van der Waals surface area contributed by atoms with E-state index in [1.807, 2.05) is 19.9 Å². The summed E-state index contributed by atoms with van der Waals surface area (Å²) in [5.74, 6) is -3.49. The molecule has 1 rings (SSSR count). The smallest absolute Gasteiger partial charge is 0.308 e. The molecule has 1 unspecified atom stereocenters. The first kappa shape index (κ1) is 20.5. The van der Waals surface area contributed by atoms with E-state index in [1.165, 1.54) is 6.92 Å². The number of allylic oxidation sites excluding steroid dienone is 4. The predicted octanol–water partition coefficient (Wildman–Crippen LogP) is 3.18. The van der Waals surface area contributed by atoms with E-state index in [1.54, 1.807) is 6.92 Å². The summed E-state index contributed by atoms with van der Waals surface area (Å²) in [5.41, 5.74) is 1.17. The van der Waals surface area contributed by atoms with Crippen LogP contribution >= 0.6 is 0 Å². The van der Waals surface area contributed by atoms with Crippen molar-refractivity contribution in [3.05, 3.63) is 34.3 Å². The molecule has 1 aliphatic carbocycles. The van der Waals surface area contributed by atoms with Gasteiger partial charge in [0.15, 0.2) is 11.5 Å². The molecule has 0 aliphatic heterocycles. The van der Waals surface area contributed by atoms with Crippen molar-refractivity contribution in [2.24, 2.45) is 5.92 Å². The first-order chi connectivity index (χ1) is 11.6. The number of esters is 2. The molecule has 1 atom stereocenters. The van der Waals surface area contributed by atoms with Crippen LogP contribution in [0.4, 0.5) is 0 Å². The first-order valence-corrected chi connectivity index (χ1v) is 8.10. The maximum atomic E-state index is 12.8. The van der Waals surface area contributed by atoms with Gasteiger partial charge in [0.2, 0.25) is 11.6 Å². The molecule has 25 heavy (non-hydrogen) atoms. The fraction of sp³-hybridized carbons (Fsp3) is 0.474. The van der Waals surface area contributed by atoms with Crippen molar-refractivity contribution in [1.82, 2.24) is 0 Å². The molecular formula is C19H24O6. The molecule has 136 valence electrons. The molecule has 0 N–H and O–H groups in total. The standard InChI is InChI=1S/C19H24O6/c1-10(2)8-7-9-11(3)15-17(23)18(24-13(5)20)12(4)16(22)19(15)25-14(6)21/h8,11H,7,9H2,1-6H3. The van der Waals surface area contributed by atoms with Gasteiger partial charge in [-0.2, -0.15) is 0 Å². The van der Waals surface area contributed by atoms with Gasteiger partial charge in [0.1, 0.15) is 0 Å². The van der Waals surface area contributed by atoms with Gasteiger partial charge in [0, 0.05) is 19.4 Å². The summed E-state index contributed by atoms with van der Waals surface area (Å²) < 4.78 is 9.99. The molecule has 0 amide bonds. The molecule has 0 saturated heterocycles. The second-order valence-corrected chi connectivity index (χ2v) is 6.30. The van der Waals surface area contributed by atoms with Crippen molar-refractivity contribution in [2.75, 3.05) is 0 Å². The van der Waals surface area contributed by atoms with Gasteiger partial charge in [0.25, 0.3) is 0 Å². The Morgan fingerprint density at radius 2 is 1.48 bits per heavy atom. The second kappa shape index (κ2) is 8.55. The SMILES string of the molecule is CC(=O)OC1=C(C)C(=O)C(OC(C)=O)=C(C(C)CCC=C(C)C)C1=O. The van der Waals surface area contributed by atoms with Crippen LogP contribution in [0.3, 0.4) is 0 Å². The lowest BCUT2D eigenvalue weighted by Crippen LogP contribution is -2.30. The third-order valence-corrected chi connectivity index (χ3v) is 3.72. The van der Waals surface area contributed by atoms with Crippen molar-refractivity contribution in [1.29, 1.82) is 0 Å². The molecule has 0 bridgehead atoms. The van der Waals surface area contributed by atoms with Gasteiger partial charge in [-0.05, 0) is 39.5 Å². The molecule has 0 radical (unpaired) electrons. The van der Waals surface area contributed by atoms with Crippen molar-refractivity contribution < 1.29 is 28.7 Å². The molecule has 0 aromatic carbocycles.